The van der Waals surface area contributed by atoms with Crippen LogP contribution < -0.4 is 0 Å². The van der Waals surface area contributed by atoms with Crippen molar-refractivity contribution in [2.24, 2.45) is 0 Å². The number of halogens is 1. The molecule has 0 aromatic heterocycles. The molecule has 0 aliphatic heterocycles. The van der Waals surface area contributed by atoms with Crippen LogP contribution in [-0.4, -0.2) is 19.8 Å². The molecule has 14 heavy (non-hydrogen) atoms. The summed E-state index contributed by atoms with van der Waals surface area (Å²) in [7, 11) is 5.47. The second-order valence-electron chi connectivity index (χ2n) is 2.70. The van der Waals surface area contributed by atoms with Crippen molar-refractivity contribution in [3.63, 3.8) is 0 Å². The summed E-state index contributed by atoms with van der Waals surface area (Å²) in [4.78, 5) is 0. The van der Waals surface area contributed by atoms with Gasteiger partial charge in [-0.25, -0.2) is 0 Å². The predicted molar refractivity (Wildman–Crippen MR) is 91.3 cm³/mol. The third kappa shape index (κ3) is 8.61. The van der Waals surface area contributed by atoms with Crippen LogP contribution in [0.2, 0.25) is 0 Å². The van der Waals surface area contributed by atoms with E-state index in [4.69, 9.17) is 0 Å². The molecule has 0 aromatic rings. The van der Waals surface area contributed by atoms with Crippen LogP contribution in [-0.2, 0) is 0 Å². The summed E-state index contributed by atoms with van der Waals surface area (Å²) >= 11 is 8.95. The summed E-state index contributed by atoms with van der Waals surface area (Å²) in [5, 5.41) is 1.17. The molecular formula is C8H17IS5. The average molecular weight is 400 g/mol. The normalized spacial score (nSPS) is 15.4. The minimum Gasteiger partial charge on any atom is -0.134 e. The lowest BCUT2D eigenvalue weighted by Crippen LogP contribution is -2.12. The first kappa shape index (κ1) is 16.5. The van der Waals surface area contributed by atoms with Gasteiger partial charge in [0.25, 0.3) is 0 Å². The quantitative estimate of drug-likeness (QED) is 0.134. The first-order chi connectivity index (χ1) is 6.76. The van der Waals surface area contributed by atoms with Crippen LogP contribution in [0.3, 0.4) is 0 Å². The van der Waals surface area contributed by atoms with Gasteiger partial charge in [0.15, 0.2) is 0 Å². The van der Waals surface area contributed by atoms with Gasteiger partial charge in [0.2, 0.25) is 0 Å². The van der Waals surface area contributed by atoms with Crippen molar-refractivity contribution < 1.29 is 0 Å². The van der Waals surface area contributed by atoms with Crippen LogP contribution in [0.15, 0.2) is 0 Å². The van der Waals surface area contributed by atoms with Crippen molar-refractivity contribution in [1.29, 1.82) is 0 Å². The van der Waals surface area contributed by atoms with Crippen LogP contribution >= 0.6 is 78.4 Å². The summed E-state index contributed by atoms with van der Waals surface area (Å²) in [5.74, 6) is 0. The highest BCUT2D eigenvalue weighted by Gasteiger charge is 2.17. The van der Waals surface area contributed by atoms with E-state index in [-0.39, 0.29) is 0 Å². The average Bonchev–Trinajstić information content (AvgIpc) is 2.21. The number of rotatable bonds is 9. The van der Waals surface area contributed by atoms with Gasteiger partial charge in [-0.15, -0.1) is 23.4 Å². The number of unbranched alkanes of at least 4 members (excludes halogenated alkanes) is 1. The van der Waals surface area contributed by atoms with E-state index in [0.717, 1.165) is 3.92 Å². The molecule has 0 aromatic carbocycles. The van der Waals surface area contributed by atoms with E-state index in [0.29, 0.717) is 4.58 Å². The maximum absolute atomic E-state index is 4.35. The van der Waals surface area contributed by atoms with Crippen LogP contribution in [0.4, 0.5) is 0 Å². The fourth-order valence-corrected chi connectivity index (χ4v) is 7.93. The second kappa shape index (κ2) is 12.0. The maximum Gasteiger partial charge on any atom is 0.0729 e. The van der Waals surface area contributed by atoms with Gasteiger partial charge < -0.3 is 0 Å². The lowest BCUT2D eigenvalue weighted by atomic mass is 10.2. The molecule has 2 atom stereocenters. The minimum atomic E-state index is 0.644. The second-order valence-corrected chi connectivity index (χ2v) is 10.0. The van der Waals surface area contributed by atoms with Gasteiger partial charge in [-0.2, -0.15) is 0 Å². The zero-order valence-corrected chi connectivity index (χ0v) is 14.8. The number of alkyl halides is 1. The summed E-state index contributed by atoms with van der Waals surface area (Å²) in [5.41, 5.74) is 0. The lowest BCUT2D eigenvalue weighted by Gasteiger charge is -2.18. The molecule has 0 radical (unpaired) electrons. The van der Waals surface area contributed by atoms with E-state index < -0.39 is 0 Å². The summed E-state index contributed by atoms with van der Waals surface area (Å²) in [6, 6.07) is 0. The van der Waals surface area contributed by atoms with E-state index in [1.807, 2.05) is 33.3 Å². The highest BCUT2D eigenvalue weighted by molar-refractivity contribution is 14.1. The first-order valence-corrected chi connectivity index (χ1v) is 11.4. The molecule has 0 amide bonds. The fraction of sp³-hybridized carbons (Fsp3) is 1.00. The maximum atomic E-state index is 4.35. The first-order valence-electron chi connectivity index (χ1n) is 4.47. The molecule has 0 spiro atoms. The van der Waals surface area contributed by atoms with E-state index in [1.165, 1.54) is 24.3 Å². The Kier molecular flexibility index (Phi) is 14.1. The summed E-state index contributed by atoms with van der Waals surface area (Å²) in [6.45, 7) is 2.25. The molecule has 0 saturated heterocycles. The van der Waals surface area contributed by atoms with Gasteiger partial charge in [-0.3, -0.25) is 0 Å². The van der Waals surface area contributed by atoms with Crippen molar-refractivity contribution in [1.82, 2.24) is 0 Å². The van der Waals surface area contributed by atoms with Crippen LogP contribution in [0.25, 0.3) is 0 Å². The molecule has 0 aliphatic rings. The molecule has 0 aliphatic carbocycles. The van der Waals surface area contributed by atoms with Gasteiger partial charge >= 0.3 is 0 Å². The Labute approximate surface area is 123 Å². The zero-order valence-electron chi connectivity index (χ0n) is 8.44. The summed E-state index contributed by atoms with van der Waals surface area (Å²) < 4.78 is 1.40. The van der Waals surface area contributed by atoms with E-state index in [1.54, 1.807) is 10.8 Å². The Morgan fingerprint density at radius 2 is 2.14 bits per heavy atom. The highest BCUT2D eigenvalue weighted by atomic mass is 127. The molecule has 6 heteroatoms. The Morgan fingerprint density at radius 1 is 1.43 bits per heavy atom. The minimum absolute atomic E-state index is 0.644. The smallest absolute Gasteiger partial charge is 0.0729 e. The van der Waals surface area contributed by atoms with Crippen LogP contribution in [0.5, 0.6) is 0 Å². The number of thioether (sulfide) groups is 1. The molecule has 0 fully saturated rings. The molecule has 0 nitrogen and oxygen atoms in total. The molecule has 0 N–H and O–H groups in total. The Bertz CT molecular complexity index is 124. The highest BCUT2D eigenvalue weighted by Crippen LogP contribution is 2.38. The van der Waals surface area contributed by atoms with E-state index in [9.17, 15) is 0 Å². The monoisotopic (exact) mass is 400 g/mol. The molecule has 0 rings (SSSR count). The third-order valence-electron chi connectivity index (χ3n) is 1.63. The van der Waals surface area contributed by atoms with Crippen molar-refractivity contribution in [2.45, 2.75) is 34.7 Å². The van der Waals surface area contributed by atoms with Gasteiger partial charge in [0.1, 0.15) is 0 Å². The molecule has 0 saturated carbocycles. The van der Waals surface area contributed by atoms with Gasteiger partial charge in [-0.1, -0.05) is 74.7 Å². The molecular weight excluding hydrogens is 383 g/mol. The SMILES string of the molecule is CCCCC(I)C(SS)SCSSC. The van der Waals surface area contributed by atoms with E-state index in [2.05, 4.69) is 47.4 Å². The Hall–Kier alpha value is 2.48. The molecule has 86 valence electrons. The third-order valence-corrected chi connectivity index (χ3v) is 9.69. The Morgan fingerprint density at radius 3 is 2.64 bits per heavy atom. The van der Waals surface area contributed by atoms with Crippen molar-refractivity contribution in [3.05, 3.63) is 0 Å². The number of thiol groups is 1. The van der Waals surface area contributed by atoms with Crippen LogP contribution in [0.1, 0.15) is 26.2 Å². The topological polar surface area (TPSA) is 0 Å². The molecule has 2 unspecified atom stereocenters. The Balaban J connectivity index is 3.62. The number of hydrogen-bond acceptors (Lipinski definition) is 5. The molecule has 0 heterocycles. The van der Waals surface area contributed by atoms with Crippen LogP contribution in [0, 0.1) is 0 Å². The van der Waals surface area contributed by atoms with Gasteiger partial charge in [0, 0.05) is 3.92 Å². The largest absolute Gasteiger partial charge is 0.134 e. The number of hydrogen-bond donors (Lipinski definition) is 1. The van der Waals surface area contributed by atoms with Crippen molar-refractivity contribution in [2.75, 3.05) is 11.3 Å². The fourth-order valence-electron chi connectivity index (χ4n) is 0.879. The molecule has 0 bridgehead atoms. The van der Waals surface area contributed by atoms with Gasteiger partial charge in [-0.05, 0) is 12.7 Å². The predicted octanol–water partition coefficient (Wildman–Crippen LogP) is 5.59. The standard InChI is InChI=1S/C8H17IS5/c1-3-4-5-7(9)8(14-10)12-6-13-11-2/h7-8,10H,3-6H2,1-2H3. The van der Waals surface area contributed by atoms with Gasteiger partial charge in [0.05, 0.1) is 9.67 Å². The van der Waals surface area contributed by atoms with E-state index >= 15 is 0 Å². The lowest BCUT2D eigenvalue weighted by molar-refractivity contribution is 0.722. The zero-order chi connectivity index (χ0) is 10.8. The van der Waals surface area contributed by atoms with Crippen molar-refractivity contribution >= 4 is 78.4 Å². The van der Waals surface area contributed by atoms with Crippen molar-refractivity contribution in [3.8, 4) is 0 Å². The summed E-state index contributed by atoms with van der Waals surface area (Å²) in [6.07, 6.45) is 6.10.